The second kappa shape index (κ2) is 8.36. The molecule has 0 saturated carbocycles. The van der Waals surface area contributed by atoms with Crippen molar-refractivity contribution in [2.45, 2.75) is 48.6 Å². The first kappa shape index (κ1) is 19.1. The summed E-state index contributed by atoms with van der Waals surface area (Å²) in [5, 5.41) is 11.1. The zero-order chi connectivity index (χ0) is 18.7. The molecule has 2 aromatic rings. The molecule has 7 nitrogen and oxygen atoms in total. The Kier molecular flexibility index (Phi) is 6.15. The number of aryl methyl sites for hydroxylation is 1. The summed E-state index contributed by atoms with van der Waals surface area (Å²) in [7, 11) is 1.37. The normalized spacial score (nSPS) is 15.0. The number of rotatable bonds is 5. The van der Waals surface area contributed by atoms with Crippen LogP contribution >= 0.6 is 34.4 Å². The molecule has 1 aliphatic carbocycles. The van der Waals surface area contributed by atoms with Gasteiger partial charge in [0.05, 0.1) is 17.9 Å². The van der Waals surface area contributed by atoms with E-state index in [-0.39, 0.29) is 5.91 Å². The van der Waals surface area contributed by atoms with Crippen LogP contribution in [0.25, 0.3) is 0 Å². The molecule has 0 spiro atoms. The van der Waals surface area contributed by atoms with E-state index in [1.54, 1.807) is 6.92 Å². The zero-order valence-electron chi connectivity index (χ0n) is 14.5. The molecule has 0 bridgehead atoms. The zero-order valence-corrected chi connectivity index (χ0v) is 17.0. The van der Waals surface area contributed by atoms with E-state index in [1.807, 2.05) is 0 Å². The highest BCUT2D eigenvalue weighted by Gasteiger charge is 2.27. The van der Waals surface area contributed by atoms with Crippen LogP contribution in [-0.2, 0) is 22.4 Å². The Balaban J connectivity index is 1.79. The van der Waals surface area contributed by atoms with E-state index in [0.29, 0.717) is 20.0 Å². The minimum atomic E-state index is -0.394. The molecule has 0 radical (unpaired) electrons. The lowest BCUT2D eigenvalue weighted by atomic mass is 10.1. The molecule has 0 aromatic carbocycles. The van der Waals surface area contributed by atoms with Crippen LogP contribution in [0.1, 0.15) is 47.0 Å². The van der Waals surface area contributed by atoms with E-state index in [0.717, 1.165) is 37.7 Å². The Morgan fingerprint density at radius 2 is 2.00 bits per heavy atom. The van der Waals surface area contributed by atoms with Crippen LogP contribution < -0.4 is 11.1 Å². The summed E-state index contributed by atoms with van der Waals surface area (Å²) >= 11 is 4.02. The lowest BCUT2D eigenvalue weighted by Gasteiger charge is -2.11. The first-order chi connectivity index (χ1) is 12.5. The number of nitrogens with one attached hydrogen (secondary N) is 1. The minimum absolute atomic E-state index is 0.190. The number of thiophene rings is 1. The number of esters is 1. The molecule has 2 aromatic heterocycles. The number of hydrogen-bond acceptors (Lipinski definition) is 9. The number of methoxy groups -OCH3 is 1. The molecule has 1 atom stereocenters. The lowest BCUT2D eigenvalue weighted by molar-refractivity contribution is -0.115. The fraction of sp³-hybridized carbons (Fsp3) is 0.500. The molecule has 26 heavy (non-hydrogen) atoms. The Hall–Kier alpha value is -1.65. The van der Waals surface area contributed by atoms with E-state index in [4.69, 9.17) is 10.5 Å². The van der Waals surface area contributed by atoms with Crippen molar-refractivity contribution in [1.82, 2.24) is 10.2 Å². The SMILES string of the molecule is COC(=O)c1c(NC(=O)C(C)Sc2nnc(N)s2)sc2c1CCCCC2. The topological polar surface area (TPSA) is 107 Å². The molecular weight excluding hydrogens is 392 g/mol. The van der Waals surface area contributed by atoms with Crippen molar-refractivity contribution < 1.29 is 14.3 Å². The maximum Gasteiger partial charge on any atom is 0.341 e. The van der Waals surface area contributed by atoms with Crippen LogP contribution in [-0.4, -0.2) is 34.4 Å². The van der Waals surface area contributed by atoms with Crippen LogP contribution in [0.3, 0.4) is 0 Å². The summed E-state index contributed by atoms with van der Waals surface area (Å²) in [5.74, 6) is -0.581. The first-order valence-corrected chi connectivity index (χ1v) is 10.8. The summed E-state index contributed by atoms with van der Waals surface area (Å²) in [6, 6.07) is 0. The average Bonchev–Trinajstić information content (AvgIpc) is 3.09. The summed E-state index contributed by atoms with van der Waals surface area (Å²) in [6.45, 7) is 1.79. The minimum Gasteiger partial charge on any atom is -0.465 e. The maximum atomic E-state index is 12.6. The van der Waals surface area contributed by atoms with Crippen molar-refractivity contribution >= 4 is 56.4 Å². The highest BCUT2D eigenvalue weighted by atomic mass is 32.2. The molecule has 3 rings (SSSR count). The number of nitrogen functional groups attached to an aromatic ring is 1. The smallest absolute Gasteiger partial charge is 0.341 e. The second-order valence-corrected chi connectivity index (χ2v) is 9.62. The number of anilines is 2. The largest absolute Gasteiger partial charge is 0.465 e. The van der Waals surface area contributed by atoms with Gasteiger partial charge in [-0.1, -0.05) is 29.5 Å². The predicted molar refractivity (Wildman–Crippen MR) is 105 cm³/mol. The molecule has 0 saturated heterocycles. The fourth-order valence-electron chi connectivity index (χ4n) is 2.84. The van der Waals surface area contributed by atoms with Crippen molar-refractivity contribution in [3.8, 4) is 0 Å². The number of ether oxygens (including phenoxy) is 1. The summed E-state index contributed by atoms with van der Waals surface area (Å²) in [6.07, 6.45) is 5.09. The summed E-state index contributed by atoms with van der Waals surface area (Å²) in [4.78, 5) is 26.1. The van der Waals surface area contributed by atoms with Crippen molar-refractivity contribution in [1.29, 1.82) is 0 Å². The van der Waals surface area contributed by atoms with Gasteiger partial charge in [0.1, 0.15) is 5.00 Å². The number of fused-ring (bicyclic) bond motifs is 1. The number of carbonyl (C=O) groups excluding carboxylic acids is 2. The van der Waals surface area contributed by atoms with Gasteiger partial charge in [-0.2, -0.15) is 0 Å². The molecular formula is C16H20N4O3S3. The highest BCUT2D eigenvalue weighted by Crippen LogP contribution is 2.38. The number of carbonyl (C=O) groups is 2. The van der Waals surface area contributed by atoms with Crippen LogP contribution in [0.4, 0.5) is 10.1 Å². The molecule has 1 unspecified atom stereocenters. The van der Waals surface area contributed by atoms with E-state index >= 15 is 0 Å². The van der Waals surface area contributed by atoms with Crippen LogP contribution in [0.5, 0.6) is 0 Å². The number of aromatic nitrogens is 2. The Bertz CT molecular complexity index is 818. The molecule has 2 heterocycles. The van der Waals surface area contributed by atoms with E-state index < -0.39 is 11.2 Å². The lowest BCUT2D eigenvalue weighted by Crippen LogP contribution is -2.23. The first-order valence-electron chi connectivity index (χ1n) is 8.29. The van der Waals surface area contributed by atoms with Gasteiger partial charge in [-0.05, 0) is 38.2 Å². The third-order valence-electron chi connectivity index (χ3n) is 4.12. The van der Waals surface area contributed by atoms with Gasteiger partial charge in [0, 0.05) is 4.88 Å². The third kappa shape index (κ3) is 4.18. The Labute approximate surface area is 163 Å². The van der Waals surface area contributed by atoms with Crippen LogP contribution in [0.15, 0.2) is 4.34 Å². The molecule has 1 aliphatic rings. The number of amides is 1. The highest BCUT2D eigenvalue weighted by molar-refractivity contribution is 8.02. The molecule has 3 N–H and O–H groups in total. The summed E-state index contributed by atoms with van der Waals surface area (Å²) < 4.78 is 5.60. The van der Waals surface area contributed by atoms with Gasteiger partial charge in [0.2, 0.25) is 11.0 Å². The van der Waals surface area contributed by atoms with Crippen LogP contribution in [0.2, 0.25) is 0 Å². The number of nitrogens with zero attached hydrogens (tertiary/aromatic N) is 2. The number of nitrogens with two attached hydrogens (primary N) is 1. The van der Waals surface area contributed by atoms with Gasteiger partial charge in [-0.25, -0.2) is 4.79 Å². The molecule has 1 amide bonds. The van der Waals surface area contributed by atoms with Gasteiger partial charge in [-0.3, -0.25) is 4.79 Å². The number of thioether (sulfide) groups is 1. The fourth-order valence-corrected chi connectivity index (χ4v) is 5.90. The van der Waals surface area contributed by atoms with Crippen molar-refractivity contribution in [3.63, 3.8) is 0 Å². The molecule has 10 heteroatoms. The van der Waals surface area contributed by atoms with Gasteiger partial charge in [0.15, 0.2) is 4.34 Å². The van der Waals surface area contributed by atoms with E-state index in [9.17, 15) is 9.59 Å². The van der Waals surface area contributed by atoms with E-state index in [2.05, 4.69) is 15.5 Å². The van der Waals surface area contributed by atoms with Crippen molar-refractivity contribution in [2.24, 2.45) is 0 Å². The standard InChI is InChI=1S/C16H20N4O3S3/c1-8(24-16-20-19-15(17)26-16)12(21)18-13-11(14(22)23-2)9-6-4-3-5-7-10(9)25-13/h8H,3-7H2,1-2H3,(H2,17,19)(H,18,21). The van der Waals surface area contributed by atoms with E-state index in [1.165, 1.54) is 46.4 Å². The van der Waals surface area contributed by atoms with Gasteiger partial charge in [0.25, 0.3) is 0 Å². The number of hydrogen-bond donors (Lipinski definition) is 2. The van der Waals surface area contributed by atoms with Gasteiger partial charge < -0.3 is 15.8 Å². The monoisotopic (exact) mass is 412 g/mol. The van der Waals surface area contributed by atoms with Crippen molar-refractivity contribution in [2.75, 3.05) is 18.2 Å². The maximum absolute atomic E-state index is 12.6. The third-order valence-corrected chi connectivity index (χ3v) is 7.26. The molecule has 140 valence electrons. The second-order valence-electron chi connectivity index (χ2n) is 5.92. The molecule has 0 fully saturated rings. The molecule has 0 aliphatic heterocycles. The Morgan fingerprint density at radius 1 is 1.23 bits per heavy atom. The quantitative estimate of drug-likeness (QED) is 0.440. The summed E-state index contributed by atoms with van der Waals surface area (Å²) in [5.41, 5.74) is 7.12. The predicted octanol–water partition coefficient (Wildman–Crippen LogP) is 3.36. The Morgan fingerprint density at radius 3 is 2.69 bits per heavy atom. The van der Waals surface area contributed by atoms with Gasteiger partial charge >= 0.3 is 5.97 Å². The van der Waals surface area contributed by atoms with Crippen molar-refractivity contribution in [3.05, 3.63) is 16.0 Å². The van der Waals surface area contributed by atoms with Crippen LogP contribution in [0, 0.1) is 0 Å². The average molecular weight is 413 g/mol. The van der Waals surface area contributed by atoms with Gasteiger partial charge in [-0.15, -0.1) is 21.5 Å².